The molecule has 8 heteroatoms. The minimum absolute atomic E-state index is 0.257. The predicted molar refractivity (Wildman–Crippen MR) is 85.3 cm³/mol. The van der Waals surface area contributed by atoms with Crippen molar-refractivity contribution in [1.82, 2.24) is 29.2 Å². The van der Waals surface area contributed by atoms with Crippen LogP contribution in [0, 0.1) is 0 Å². The van der Waals surface area contributed by atoms with E-state index in [1.54, 1.807) is 7.05 Å². The van der Waals surface area contributed by atoms with E-state index in [0.29, 0.717) is 12.2 Å². The molecule has 0 spiro atoms. The zero-order chi connectivity index (χ0) is 16.6. The van der Waals surface area contributed by atoms with Crippen molar-refractivity contribution in [2.75, 3.05) is 0 Å². The van der Waals surface area contributed by atoms with Crippen molar-refractivity contribution < 1.29 is 0 Å². The van der Waals surface area contributed by atoms with Crippen LogP contribution in [0.25, 0.3) is 0 Å². The molecule has 0 radical (unpaired) electrons. The number of fused-ring (bicyclic) bond motifs is 1. The lowest BCUT2D eigenvalue weighted by molar-refractivity contribution is 0.354. The van der Waals surface area contributed by atoms with Crippen molar-refractivity contribution in [1.29, 1.82) is 0 Å². The Labute approximate surface area is 133 Å². The van der Waals surface area contributed by atoms with Crippen LogP contribution in [-0.2, 0) is 40.0 Å². The maximum atomic E-state index is 11.9. The second kappa shape index (κ2) is 6.11. The van der Waals surface area contributed by atoms with Gasteiger partial charge >= 0.3 is 5.69 Å². The smallest absolute Gasteiger partial charge is 0.307 e. The largest absolute Gasteiger partial charge is 0.330 e. The molecule has 1 N–H and O–H groups in total. The quantitative estimate of drug-likeness (QED) is 0.809. The summed E-state index contributed by atoms with van der Waals surface area (Å²) < 4.78 is 4.58. The summed E-state index contributed by atoms with van der Waals surface area (Å²) in [4.78, 5) is 28.2. The molecular weight excluding hydrogens is 296 g/mol. The fraction of sp³-hybridized carbons (Fsp3) is 0.600. The van der Waals surface area contributed by atoms with Gasteiger partial charge in [0.1, 0.15) is 5.82 Å². The predicted octanol–water partition coefficient (Wildman–Crippen LogP) is -0.657. The van der Waals surface area contributed by atoms with Crippen LogP contribution in [0.15, 0.2) is 15.7 Å². The Balaban J connectivity index is 1.70. The molecule has 23 heavy (non-hydrogen) atoms. The van der Waals surface area contributed by atoms with Crippen LogP contribution in [0.1, 0.15) is 30.7 Å². The highest BCUT2D eigenvalue weighted by molar-refractivity contribution is 5.03. The summed E-state index contributed by atoms with van der Waals surface area (Å²) >= 11 is 0. The minimum Gasteiger partial charge on any atom is -0.307 e. The molecular formula is C15H22N6O2. The highest BCUT2D eigenvalue weighted by Crippen LogP contribution is 2.13. The van der Waals surface area contributed by atoms with Gasteiger partial charge in [0.05, 0.1) is 6.54 Å². The molecule has 0 fully saturated rings. The van der Waals surface area contributed by atoms with Gasteiger partial charge < -0.3 is 5.32 Å². The molecule has 0 unspecified atom stereocenters. The summed E-state index contributed by atoms with van der Waals surface area (Å²) in [7, 11) is 3.17. The van der Waals surface area contributed by atoms with Gasteiger partial charge in [-0.3, -0.25) is 13.9 Å². The van der Waals surface area contributed by atoms with Crippen LogP contribution < -0.4 is 16.6 Å². The van der Waals surface area contributed by atoms with E-state index in [1.807, 2.05) is 11.6 Å². The average Bonchev–Trinajstić information content (AvgIpc) is 2.97. The zero-order valence-corrected chi connectivity index (χ0v) is 13.7. The van der Waals surface area contributed by atoms with Crippen LogP contribution >= 0.6 is 0 Å². The summed E-state index contributed by atoms with van der Waals surface area (Å²) in [6.07, 6.45) is 2.70. The van der Waals surface area contributed by atoms with E-state index in [9.17, 15) is 9.59 Å². The van der Waals surface area contributed by atoms with E-state index in [1.165, 1.54) is 17.7 Å². The molecule has 2 aromatic heterocycles. The molecule has 3 heterocycles. The SMILES string of the molecule is CCc1nc2n(n1)C[C@H](NCc1cc(=O)n(C)c(=O)n1C)CC2. The molecule has 0 saturated heterocycles. The Bertz CT molecular complexity index is 831. The molecule has 1 aliphatic rings. The van der Waals surface area contributed by atoms with E-state index >= 15 is 0 Å². The molecule has 3 rings (SSSR count). The molecule has 2 aromatic rings. The van der Waals surface area contributed by atoms with E-state index in [0.717, 1.165) is 42.0 Å². The van der Waals surface area contributed by atoms with Crippen molar-refractivity contribution in [3.05, 3.63) is 44.2 Å². The maximum Gasteiger partial charge on any atom is 0.330 e. The topological polar surface area (TPSA) is 86.7 Å². The zero-order valence-electron chi connectivity index (χ0n) is 13.7. The van der Waals surface area contributed by atoms with E-state index in [2.05, 4.69) is 15.4 Å². The Morgan fingerprint density at radius 2 is 2.09 bits per heavy atom. The number of nitrogens with one attached hydrogen (secondary N) is 1. The first-order chi connectivity index (χ1) is 11.0. The van der Waals surface area contributed by atoms with Gasteiger partial charge in [-0.2, -0.15) is 5.10 Å². The third kappa shape index (κ3) is 2.98. The van der Waals surface area contributed by atoms with Crippen LogP contribution in [-0.4, -0.2) is 29.9 Å². The Kier molecular flexibility index (Phi) is 4.16. The number of hydrogen-bond donors (Lipinski definition) is 1. The van der Waals surface area contributed by atoms with Crippen LogP contribution in [0.5, 0.6) is 0 Å². The van der Waals surface area contributed by atoms with Crippen molar-refractivity contribution in [2.45, 2.75) is 45.3 Å². The normalized spacial score (nSPS) is 17.3. The fourth-order valence-electron chi connectivity index (χ4n) is 2.87. The van der Waals surface area contributed by atoms with Gasteiger partial charge in [0, 0.05) is 51.3 Å². The first kappa shape index (κ1) is 15.7. The minimum atomic E-state index is -0.302. The maximum absolute atomic E-state index is 11.9. The molecule has 124 valence electrons. The van der Waals surface area contributed by atoms with Gasteiger partial charge in [0.2, 0.25) is 0 Å². The fourth-order valence-corrected chi connectivity index (χ4v) is 2.87. The monoisotopic (exact) mass is 318 g/mol. The highest BCUT2D eigenvalue weighted by atomic mass is 16.2. The second-order valence-corrected chi connectivity index (χ2v) is 5.97. The molecule has 1 aliphatic heterocycles. The molecule has 8 nitrogen and oxygen atoms in total. The number of aromatic nitrogens is 5. The van der Waals surface area contributed by atoms with E-state index in [-0.39, 0.29) is 17.3 Å². The van der Waals surface area contributed by atoms with Crippen molar-refractivity contribution in [3.63, 3.8) is 0 Å². The van der Waals surface area contributed by atoms with Crippen LogP contribution in [0.3, 0.4) is 0 Å². The van der Waals surface area contributed by atoms with Crippen LogP contribution in [0.2, 0.25) is 0 Å². The summed E-state index contributed by atoms with van der Waals surface area (Å²) in [5, 5.41) is 7.91. The highest BCUT2D eigenvalue weighted by Gasteiger charge is 2.21. The number of hydrogen-bond acceptors (Lipinski definition) is 5. The summed E-state index contributed by atoms with van der Waals surface area (Å²) in [6, 6.07) is 1.76. The molecule has 0 bridgehead atoms. The Hall–Kier alpha value is -2.22. The Morgan fingerprint density at radius 1 is 1.30 bits per heavy atom. The van der Waals surface area contributed by atoms with E-state index < -0.39 is 0 Å². The molecule has 0 aromatic carbocycles. The first-order valence-electron chi connectivity index (χ1n) is 7.91. The second-order valence-electron chi connectivity index (χ2n) is 5.97. The van der Waals surface area contributed by atoms with Gasteiger partial charge in [0.15, 0.2) is 5.82 Å². The number of nitrogens with zero attached hydrogens (tertiary/aromatic N) is 5. The van der Waals surface area contributed by atoms with Crippen LogP contribution in [0.4, 0.5) is 0 Å². The molecule has 0 aliphatic carbocycles. The van der Waals surface area contributed by atoms with Gasteiger partial charge in [-0.05, 0) is 6.42 Å². The van der Waals surface area contributed by atoms with Gasteiger partial charge in [-0.1, -0.05) is 6.92 Å². The lowest BCUT2D eigenvalue weighted by Gasteiger charge is -2.24. The van der Waals surface area contributed by atoms with Crippen molar-refractivity contribution in [3.8, 4) is 0 Å². The van der Waals surface area contributed by atoms with Crippen molar-refractivity contribution >= 4 is 0 Å². The first-order valence-corrected chi connectivity index (χ1v) is 7.91. The summed E-state index contributed by atoms with van der Waals surface area (Å²) in [6.45, 7) is 3.30. The third-order valence-corrected chi connectivity index (χ3v) is 4.42. The average molecular weight is 318 g/mol. The lowest BCUT2D eigenvalue weighted by atomic mass is 10.1. The summed E-state index contributed by atoms with van der Waals surface area (Å²) in [5.74, 6) is 1.93. The molecule has 0 amide bonds. The van der Waals surface area contributed by atoms with E-state index in [4.69, 9.17) is 0 Å². The van der Waals surface area contributed by atoms with Gasteiger partial charge in [-0.15, -0.1) is 0 Å². The molecule has 1 atom stereocenters. The van der Waals surface area contributed by atoms with Gasteiger partial charge in [-0.25, -0.2) is 14.5 Å². The third-order valence-electron chi connectivity index (χ3n) is 4.42. The van der Waals surface area contributed by atoms with Gasteiger partial charge in [0.25, 0.3) is 5.56 Å². The Morgan fingerprint density at radius 3 is 2.83 bits per heavy atom. The molecule has 0 saturated carbocycles. The standard InChI is InChI=1S/C15H22N6O2/c1-4-12-17-13-6-5-10(9-21(13)18-12)16-8-11-7-14(22)20(3)15(23)19(11)2/h7,10,16H,4-6,8-9H2,1-3H3/t10-/m1/s1. The lowest BCUT2D eigenvalue weighted by Crippen LogP contribution is -2.41. The summed E-state index contributed by atoms with van der Waals surface area (Å²) in [5.41, 5.74) is 0.112. The van der Waals surface area contributed by atoms with Crippen molar-refractivity contribution in [2.24, 2.45) is 14.1 Å². The number of rotatable bonds is 4. The number of aryl methyl sites for hydroxylation is 2.